The van der Waals surface area contributed by atoms with Gasteiger partial charge < -0.3 is 10.1 Å². The number of amidine groups is 1. The zero-order chi connectivity index (χ0) is 22.8. The van der Waals surface area contributed by atoms with Gasteiger partial charge in [-0.05, 0) is 25.0 Å². The summed E-state index contributed by atoms with van der Waals surface area (Å²) in [6, 6.07) is 3.11. The van der Waals surface area contributed by atoms with Crippen LogP contribution in [0.1, 0.15) is 29.5 Å². The normalized spacial score (nSPS) is 20.2. The van der Waals surface area contributed by atoms with Crippen molar-refractivity contribution in [1.82, 2.24) is 14.6 Å². The summed E-state index contributed by atoms with van der Waals surface area (Å²) in [7, 11) is -1.37. The average molecular weight is 499 g/mol. The second-order valence-corrected chi connectivity index (χ2v) is 9.64. The summed E-state index contributed by atoms with van der Waals surface area (Å²) in [5, 5.41) is 5.82. The maximum Gasteiger partial charge on any atom is 0.338 e. The van der Waals surface area contributed by atoms with Crippen LogP contribution in [0.2, 0.25) is 5.02 Å². The van der Waals surface area contributed by atoms with E-state index in [1.165, 1.54) is 41.0 Å². The van der Waals surface area contributed by atoms with Crippen molar-refractivity contribution in [3.63, 3.8) is 0 Å². The van der Waals surface area contributed by atoms with Crippen LogP contribution in [0.25, 0.3) is 0 Å². The number of nitrogens with one attached hydrogen (secondary N) is 1. The van der Waals surface area contributed by atoms with Gasteiger partial charge in [-0.1, -0.05) is 17.7 Å². The Morgan fingerprint density at radius 2 is 2.09 bits per heavy atom. The molecule has 0 aliphatic carbocycles. The van der Waals surface area contributed by atoms with Crippen molar-refractivity contribution in [2.45, 2.75) is 18.9 Å². The Kier molecular flexibility index (Phi) is 6.89. The fraction of sp³-hybridized carbons (Fsp3) is 0.350. The lowest BCUT2D eigenvalue weighted by Crippen LogP contribution is -2.41. The van der Waals surface area contributed by atoms with E-state index in [-0.39, 0.29) is 16.5 Å². The number of benzene rings is 1. The molecular weight excluding hydrogens is 479 g/mol. The van der Waals surface area contributed by atoms with Crippen molar-refractivity contribution in [3.8, 4) is 0 Å². The Hall–Kier alpha value is -2.34. The van der Waals surface area contributed by atoms with E-state index in [2.05, 4.69) is 10.3 Å². The van der Waals surface area contributed by atoms with E-state index < -0.39 is 28.7 Å². The summed E-state index contributed by atoms with van der Waals surface area (Å²) < 4.78 is 42.9. The van der Waals surface area contributed by atoms with Crippen LogP contribution >= 0.6 is 22.9 Å². The number of esters is 1. The Balaban J connectivity index is 1.83. The summed E-state index contributed by atoms with van der Waals surface area (Å²) in [5.74, 6) is -0.759. The van der Waals surface area contributed by atoms with Crippen molar-refractivity contribution in [3.05, 3.63) is 62.5 Å². The van der Waals surface area contributed by atoms with Gasteiger partial charge >= 0.3 is 5.97 Å². The molecular formula is C20H20ClFN4O4S2. The summed E-state index contributed by atoms with van der Waals surface area (Å²) in [6.07, 6.45) is 2.68. The molecule has 1 aromatic carbocycles. The lowest BCUT2D eigenvalue weighted by Gasteiger charge is -2.34. The first-order valence-electron chi connectivity index (χ1n) is 9.80. The number of aliphatic imine (C=N–C) groups is 1. The third-order valence-corrected chi connectivity index (χ3v) is 7.45. The number of carbonyl (C=O) groups excluding carboxylic acids is 1. The first-order valence-corrected chi connectivity index (χ1v) is 12.2. The summed E-state index contributed by atoms with van der Waals surface area (Å²) in [5.41, 5.74) is 1.33. The maximum absolute atomic E-state index is 13.7. The lowest BCUT2D eigenvalue weighted by atomic mass is 9.86. The smallest absolute Gasteiger partial charge is 0.338 e. The fourth-order valence-corrected chi connectivity index (χ4v) is 5.35. The molecule has 1 N–H and O–H groups in total. The number of allylic oxidation sites excluding steroid dienone is 1. The van der Waals surface area contributed by atoms with E-state index in [4.69, 9.17) is 21.3 Å². The van der Waals surface area contributed by atoms with E-state index in [0.717, 1.165) is 0 Å². The largest absolute Gasteiger partial charge is 0.466 e. The van der Waals surface area contributed by atoms with E-state index in [0.29, 0.717) is 48.0 Å². The zero-order valence-electron chi connectivity index (χ0n) is 17.0. The number of thiol groups is 1. The number of ether oxygens (including phenoxy) is 1. The second-order valence-electron chi connectivity index (χ2n) is 7.29. The number of aromatic nitrogens is 1. The highest BCUT2D eigenvalue weighted by molar-refractivity contribution is 7.69. The number of piperidine rings is 1. The highest BCUT2D eigenvalue weighted by Gasteiger charge is 2.37. The van der Waals surface area contributed by atoms with E-state index in [9.17, 15) is 17.6 Å². The molecule has 12 heteroatoms. The number of rotatable bonds is 5. The number of methoxy groups -OCH3 is 1. The molecule has 1 unspecified atom stereocenters. The Morgan fingerprint density at radius 1 is 1.34 bits per heavy atom. The van der Waals surface area contributed by atoms with Crippen molar-refractivity contribution in [1.29, 1.82) is 0 Å². The molecule has 2 aliphatic heterocycles. The molecule has 0 amide bonds. The molecule has 4 rings (SSSR count). The average Bonchev–Trinajstić information content (AvgIpc) is 3.33. The predicted molar refractivity (Wildman–Crippen MR) is 120 cm³/mol. The first kappa shape index (κ1) is 22.8. The number of hydrogen-bond acceptors (Lipinski definition) is 8. The number of halogens is 2. The van der Waals surface area contributed by atoms with Gasteiger partial charge in [0.25, 0.3) is 0 Å². The van der Waals surface area contributed by atoms with E-state index in [1.54, 1.807) is 6.20 Å². The van der Waals surface area contributed by atoms with Crippen LogP contribution in [-0.2, 0) is 20.4 Å². The maximum atomic E-state index is 13.7. The van der Waals surface area contributed by atoms with Crippen LogP contribution in [-0.4, -0.2) is 49.7 Å². The number of carbonyl (C=O) groups is 1. The quantitative estimate of drug-likeness (QED) is 0.485. The van der Waals surface area contributed by atoms with Gasteiger partial charge in [-0.2, -0.15) is 0 Å². The molecule has 1 atom stereocenters. The molecule has 0 saturated carbocycles. The van der Waals surface area contributed by atoms with Gasteiger partial charge in [0.15, 0.2) is 10.8 Å². The minimum atomic E-state index is -2.65. The van der Waals surface area contributed by atoms with Crippen molar-refractivity contribution < 1.29 is 22.3 Å². The lowest BCUT2D eigenvalue weighted by molar-refractivity contribution is -0.136. The summed E-state index contributed by atoms with van der Waals surface area (Å²) >= 11 is 7.72. The van der Waals surface area contributed by atoms with Gasteiger partial charge in [0.05, 0.1) is 12.7 Å². The van der Waals surface area contributed by atoms with Crippen LogP contribution in [0.5, 0.6) is 0 Å². The molecule has 1 fully saturated rings. The Morgan fingerprint density at radius 3 is 2.69 bits per heavy atom. The minimum absolute atomic E-state index is 0.137. The second kappa shape index (κ2) is 9.65. The third kappa shape index (κ3) is 4.56. The molecule has 2 aliphatic rings. The Labute approximate surface area is 194 Å². The Bertz CT molecular complexity index is 1150. The number of thiazole rings is 1. The van der Waals surface area contributed by atoms with Crippen LogP contribution in [0.15, 0.2) is 46.0 Å². The monoisotopic (exact) mass is 498 g/mol. The van der Waals surface area contributed by atoms with E-state index in [1.807, 2.05) is 5.38 Å². The van der Waals surface area contributed by atoms with Gasteiger partial charge in [-0.3, -0.25) is 4.99 Å². The van der Waals surface area contributed by atoms with Gasteiger partial charge in [0.1, 0.15) is 11.9 Å². The van der Waals surface area contributed by atoms with Crippen LogP contribution in [0, 0.1) is 11.7 Å². The van der Waals surface area contributed by atoms with Crippen molar-refractivity contribution in [2.75, 3.05) is 20.2 Å². The summed E-state index contributed by atoms with van der Waals surface area (Å²) in [6.45, 7) is 0.684. The molecule has 8 nitrogen and oxygen atoms in total. The van der Waals surface area contributed by atoms with Crippen LogP contribution in [0.4, 0.5) is 4.39 Å². The van der Waals surface area contributed by atoms with Crippen molar-refractivity contribution in [2.24, 2.45) is 10.9 Å². The molecule has 1 aromatic heterocycles. The SMILES string of the molecule is COC(=O)C1=C(C2CCN([SH](=O)=O)CC2)NC(c2nccs2)=NC1c1ccc(F)cc1Cl. The molecule has 3 heterocycles. The minimum Gasteiger partial charge on any atom is -0.466 e. The van der Waals surface area contributed by atoms with Crippen LogP contribution in [0.3, 0.4) is 0 Å². The predicted octanol–water partition coefficient (Wildman–Crippen LogP) is 2.69. The van der Waals surface area contributed by atoms with Gasteiger partial charge in [-0.15, -0.1) is 11.3 Å². The summed E-state index contributed by atoms with van der Waals surface area (Å²) in [4.78, 5) is 21.9. The van der Waals surface area contributed by atoms with Crippen LogP contribution < -0.4 is 5.32 Å². The van der Waals surface area contributed by atoms with Gasteiger partial charge in [-0.25, -0.2) is 26.9 Å². The third-order valence-electron chi connectivity index (χ3n) is 5.48. The first-order chi connectivity index (χ1) is 15.4. The van der Waals surface area contributed by atoms with Crippen molar-refractivity contribution >= 4 is 45.6 Å². The molecule has 0 bridgehead atoms. The molecule has 2 aromatic rings. The van der Waals surface area contributed by atoms with Gasteiger partial charge in [0.2, 0.25) is 10.9 Å². The molecule has 0 spiro atoms. The number of hydrogen-bond donors (Lipinski definition) is 2. The standard InChI is InChI=1S/C20H20ClFN4O4S2/c1-30-20(27)15-16(11-4-7-26(8-5-11)32(28)29)24-18(19-23-6-9-31-19)25-17(15)13-3-2-12(22)10-14(13)21/h2-3,6,9-11,17,32H,4-5,7-8H2,1H3,(H,24,25). The molecule has 1 saturated heterocycles. The molecule has 32 heavy (non-hydrogen) atoms. The molecule has 170 valence electrons. The zero-order valence-corrected chi connectivity index (χ0v) is 19.4. The highest BCUT2D eigenvalue weighted by atomic mass is 35.5. The fourth-order valence-electron chi connectivity index (χ4n) is 3.94. The molecule has 0 radical (unpaired) electrons. The van der Waals surface area contributed by atoms with Gasteiger partial charge in [0, 0.05) is 46.9 Å². The van der Waals surface area contributed by atoms with E-state index >= 15 is 0 Å². The highest BCUT2D eigenvalue weighted by Crippen LogP contribution is 2.40. The number of nitrogens with zero attached hydrogens (tertiary/aromatic N) is 3. The topological polar surface area (TPSA) is 101 Å².